The Labute approximate surface area is 132 Å². The van der Waals surface area contributed by atoms with Crippen molar-refractivity contribution in [1.82, 2.24) is 0 Å². The van der Waals surface area contributed by atoms with Crippen molar-refractivity contribution in [3.8, 4) is 5.88 Å². The van der Waals surface area contributed by atoms with Gasteiger partial charge in [-0.3, -0.25) is 0 Å². The maximum Gasteiger partial charge on any atom is 0.376 e. The molecule has 0 saturated carbocycles. The van der Waals surface area contributed by atoms with Crippen molar-refractivity contribution >= 4 is 10.8 Å². The summed E-state index contributed by atoms with van der Waals surface area (Å²) in [7, 11) is 0. The van der Waals surface area contributed by atoms with E-state index in [1.165, 1.54) is 16.3 Å². The van der Waals surface area contributed by atoms with Gasteiger partial charge in [0.25, 0.3) is 0 Å². The lowest BCUT2D eigenvalue weighted by Crippen LogP contribution is -2.36. The zero-order valence-corrected chi connectivity index (χ0v) is 13.0. The third kappa shape index (κ3) is 3.28. The lowest BCUT2D eigenvalue weighted by atomic mass is 10.1. The summed E-state index contributed by atoms with van der Waals surface area (Å²) in [6, 6.07) is 21.1. The fraction of sp³-hybridized carbons (Fsp3) is 0.250. The molecule has 0 amide bonds. The van der Waals surface area contributed by atoms with Crippen LogP contribution < -0.4 is 9.30 Å². The Bertz CT molecular complexity index is 737. The minimum Gasteiger partial charge on any atom is -0.444 e. The molecular weight excluding hydrogens is 270 g/mol. The van der Waals surface area contributed by atoms with Crippen LogP contribution in [0.15, 0.2) is 66.9 Å². The second-order valence-corrected chi connectivity index (χ2v) is 5.52. The fourth-order valence-corrected chi connectivity index (χ4v) is 2.61. The summed E-state index contributed by atoms with van der Waals surface area (Å²) in [4.78, 5) is 0. The van der Waals surface area contributed by atoms with E-state index in [0.29, 0.717) is 0 Å². The number of nitrogens with zero attached hydrogens (tertiary/aromatic N) is 1. The van der Waals surface area contributed by atoms with Crippen molar-refractivity contribution in [2.24, 2.45) is 0 Å². The lowest BCUT2D eigenvalue weighted by Gasteiger charge is -2.09. The third-order valence-electron chi connectivity index (χ3n) is 3.82. The first-order valence-electron chi connectivity index (χ1n) is 7.96. The highest BCUT2D eigenvalue weighted by Gasteiger charge is 2.17. The van der Waals surface area contributed by atoms with Crippen LogP contribution in [0.4, 0.5) is 0 Å². The molecule has 2 heteroatoms. The molecule has 0 aliphatic rings. The van der Waals surface area contributed by atoms with Crippen LogP contribution >= 0.6 is 0 Å². The second-order valence-electron chi connectivity index (χ2n) is 5.52. The summed E-state index contributed by atoms with van der Waals surface area (Å²) in [5.41, 5.74) is 1.28. The van der Waals surface area contributed by atoms with Crippen LogP contribution in [0, 0.1) is 0 Å². The second kappa shape index (κ2) is 7.08. The van der Waals surface area contributed by atoms with Gasteiger partial charge in [0.15, 0.2) is 12.7 Å². The Balaban J connectivity index is 1.98. The number of pyridine rings is 1. The number of unbranched alkanes of at least 4 members (excludes halogenated alkanes) is 1. The van der Waals surface area contributed by atoms with E-state index in [9.17, 15) is 0 Å². The zero-order valence-electron chi connectivity index (χ0n) is 13.0. The molecule has 0 atom stereocenters. The fourth-order valence-electron chi connectivity index (χ4n) is 2.61. The van der Waals surface area contributed by atoms with Crippen LogP contribution in [-0.2, 0) is 6.54 Å². The van der Waals surface area contributed by atoms with Crippen LogP contribution in [0.2, 0.25) is 0 Å². The largest absolute Gasteiger partial charge is 0.444 e. The molecule has 112 valence electrons. The normalized spacial score (nSPS) is 10.8. The lowest BCUT2D eigenvalue weighted by molar-refractivity contribution is -0.692. The van der Waals surface area contributed by atoms with Gasteiger partial charge in [-0.2, -0.15) is 4.57 Å². The van der Waals surface area contributed by atoms with Crippen molar-refractivity contribution in [1.29, 1.82) is 0 Å². The molecule has 0 N–H and O–H groups in total. The van der Waals surface area contributed by atoms with Crippen LogP contribution in [0.1, 0.15) is 25.3 Å². The van der Waals surface area contributed by atoms with Gasteiger partial charge in [0.1, 0.15) is 0 Å². The van der Waals surface area contributed by atoms with E-state index in [1.54, 1.807) is 0 Å². The van der Waals surface area contributed by atoms with E-state index < -0.39 is 0 Å². The summed E-state index contributed by atoms with van der Waals surface area (Å²) in [5, 5.41) is 2.40. The number of benzene rings is 2. The van der Waals surface area contributed by atoms with Gasteiger partial charge in [-0.1, -0.05) is 61.9 Å². The molecule has 2 nitrogen and oxygen atoms in total. The molecule has 2 aromatic carbocycles. The Kier molecular flexibility index (Phi) is 4.69. The Morgan fingerprint density at radius 2 is 1.68 bits per heavy atom. The van der Waals surface area contributed by atoms with Gasteiger partial charge >= 0.3 is 5.88 Å². The maximum absolute atomic E-state index is 6.13. The zero-order chi connectivity index (χ0) is 15.2. The summed E-state index contributed by atoms with van der Waals surface area (Å²) in [6.07, 6.45) is 4.34. The summed E-state index contributed by atoms with van der Waals surface area (Å²) in [5.74, 6) is 0.968. The van der Waals surface area contributed by atoms with Crippen LogP contribution in [0.5, 0.6) is 5.88 Å². The van der Waals surface area contributed by atoms with Crippen molar-refractivity contribution in [3.63, 3.8) is 0 Å². The van der Waals surface area contributed by atoms with Crippen LogP contribution in [0.25, 0.3) is 10.8 Å². The highest BCUT2D eigenvalue weighted by atomic mass is 16.5. The highest BCUT2D eigenvalue weighted by molar-refractivity contribution is 5.85. The molecular formula is C20H22NO+. The monoisotopic (exact) mass is 292 g/mol. The van der Waals surface area contributed by atoms with E-state index in [1.807, 2.05) is 6.07 Å². The van der Waals surface area contributed by atoms with Crippen molar-refractivity contribution in [2.45, 2.75) is 26.3 Å². The van der Waals surface area contributed by atoms with Crippen molar-refractivity contribution < 1.29 is 9.30 Å². The van der Waals surface area contributed by atoms with Gasteiger partial charge in [0.05, 0.1) is 12.0 Å². The van der Waals surface area contributed by atoms with Crippen molar-refractivity contribution in [2.75, 3.05) is 6.61 Å². The Hall–Kier alpha value is -2.35. The van der Waals surface area contributed by atoms with Gasteiger partial charge in [-0.15, -0.1) is 0 Å². The molecule has 22 heavy (non-hydrogen) atoms. The number of ether oxygens (including phenoxy) is 1. The average molecular weight is 292 g/mol. The molecule has 0 radical (unpaired) electrons. The van der Waals surface area contributed by atoms with E-state index in [0.717, 1.165) is 31.9 Å². The smallest absolute Gasteiger partial charge is 0.376 e. The van der Waals surface area contributed by atoms with Gasteiger partial charge in [-0.05, 0) is 17.9 Å². The molecule has 0 aliphatic heterocycles. The summed E-state index contributed by atoms with van der Waals surface area (Å²) >= 11 is 0. The number of rotatable bonds is 6. The number of fused-ring (bicyclic) bond motifs is 1. The molecule has 0 fully saturated rings. The van der Waals surface area contributed by atoms with E-state index in [2.05, 4.69) is 72.3 Å². The molecule has 0 unspecified atom stereocenters. The summed E-state index contributed by atoms with van der Waals surface area (Å²) in [6.45, 7) is 3.77. The maximum atomic E-state index is 6.13. The average Bonchev–Trinajstić information content (AvgIpc) is 2.57. The highest BCUT2D eigenvalue weighted by Crippen LogP contribution is 2.22. The van der Waals surface area contributed by atoms with E-state index in [-0.39, 0.29) is 0 Å². The molecule has 1 aromatic heterocycles. The number of hydrogen-bond acceptors (Lipinski definition) is 1. The molecule has 1 heterocycles. The first-order valence-corrected chi connectivity index (χ1v) is 7.96. The molecule has 3 aromatic rings. The van der Waals surface area contributed by atoms with Crippen LogP contribution in [0.3, 0.4) is 0 Å². The van der Waals surface area contributed by atoms with E-state index >= 15 is 0 Å². The molecule has 0 bridgehead atoms. The van der Waals surface area contributed by atoms with E-state index in [4.69, 9.17) is 4.74 Å². The SMILES string of the molecule is CCCCOc1c2ccccc2cc[n+]1Cc1ccccc1. The number of aromatic nitrogens is 1. The molecule has 0 spiro atoms. The van der Waals surface area contributed by atoms with Gasteiger partial charge < -0.3 is 4.74 Å². The molecule has 3 rings (SSSR count). The Morgan fingerprint density at radius 1 is 0.909 bits per heavy atom. The Morgan fingerprint density at radius 3 is 2.50 bits per heavy atom. The first kappa shape index (κ1) is 14.6. The topological polar surface area (TPSA) is 13.1 Å². The van der Waals surface area contributed by atoms with Gasteiger partial charge in [-0.25, -0.2) is 0 Å². The molecule has 0 saturated heterocycles. The minimum atomic E-state index is 0.763. The predicted molar refractivity (Wildman–Crippen MR) is 90.1 cm³/mol. The number of hydrogen-bond donors (Lipinski definition) is 0. The van der Waals surface area contributed by atoms with Gasteiger partial charge in [0.2, 0.25) is 0 Å². The standard InChI is InChI=1S/C20H22NO/c1-2-3-15-22-20-19-12-8-7-11-18(19)13-14-21(20)16-17-9-5-4-6-10-17/h4-14H,2-3,15-16H2,1H3/q+1. The molecule has 0 aliphatic carbocycles. The quantitative estimate of drug-likeness (QED) is 0.486. The summed E-state index contributed by atoms with van der Waals surface area (Å²) < 4.78 is 8.33. The van der Waals surface area contributed by atoms with Crippen molar-refractivity contribution in [3.05, 3.63) is 72.4 Å². The third-order valence-corrected chi connectivity index (χ3v) is 3.82. The van der Waals surface area contributed by atoms with Gasteiger partial charge in [0, 0.05) is 11.6 Å². The van der Waals surface area contributed by atoms with Crippen LogP contribution in [-0.4, -0.2) is 6.61 Å². The first-order chi connectivity index (χ1) is 10.9. The minimum absolute atomic E-state index is 0.763. The predicted octanol–water partition coefficient (Wildman–Crippen LogP) is 4.35.